The van der Waals surface area contributed by atoms with Gasteiger partial charge >= 0.3 is 0 Å². The van der Waals surface area contributed by atoms with E-state index in [1.807, 2.05) is 18.2 Å². The van der Waals surface area contributed by atoms with Crippen LogP contribution in [-0.4, -0.2) is 26.3 Å². The third kappa shape index (κ3) is 3.20. The molecule has 0 spiro atoms. The molecule has 0 bridgehead atoms. The molecule has 1 heterocycles. The number of benzene rings is 1. The van der Waals surface area contributed by atoms with E-state index in [1.54, 1.807) is 33.5 Å². The molecular weight excluding hydrogens is 282 g/mol. The first-order valence-electron chi connectivity index (χ1n) is 6.61. The summed E-state index contributed by atoms with van der Waals surface area (Å²) >= 11 is 0. The number of anilines is 1. The Hall–Kier alpha value is -2.94. The zero-order chi connectivity index (χ0) is 15.9. The number of nitriles is 1. The molecule has 0 aliphatic heterocycles. The molecule has 1 N–H and O–H groups in total. The van der Waals surface area contributed by atoms with E-state index in [2.05, 4.69) is 10.3 Å². The van der Waals surface area contributed by atoms with Crippen molar-refractivity contribution in [1.82, 2.24) is 4.98 Å². The summed E-state index contributed by atoms with van der Waals surface area (Å²) in [6.45, 7) is 0.502. The lowest BCUT2D eigenvalue weighted by atomic mass is 10.1. The molecule has 114 valence electrons. The summed E-state index contributed by atoms with van der Waals surface area (Å²) in [6.07, 6.45) is 1.52. The van der Waals surface area contributed by atoms with Gasteiger partial charge in [-0.3, -0.25) is 0 Å². The van der Waals surface area contributed by atoms with Crippen LogP contribution in [0.5, 0.6) is 17.2 Å². The van der Waals surface area contributed by atoms with Crippen LogP contribution in [0.25, 0.3) is 0 Å². The zero-order valence-electron chi connectivity index (χ0n) is 12.7. The van der Waals surface area contributed by atoms with Crippen LogP contribution in [0, 0.1) is 11.3 Å². The fourth-order valence-corrected chi connectivity index (χ4v) is 2.05. The van der Waals surface area contributed by atoms with Gasteiger partial charge in [-0.15, -0.1) is 0 Å². The summed E-state index contributed by atoms with van der Waals surface area (Å²) in [5, 5.41) is 11.9. The first kappa shape index (κ1) is 15.4. The number of nitrogens with zero attached hydrogens (tertiary/aromatic N) is 2. The standard InChI is InChI=1S/C16H17N3O3/c1-20-13-6-5-12(15(21-2)16(13)22-3)10-19-14-7-4-11(8-17)9-18-14/h4-7,9H,10H2,1-3H3,(H,18,19). The zero-order valence-corrected chi connectivity index (χ0v) is 12.7. The SMILES string of the molecule is COc1ccc(CNc2ccc(C#N)cn2)c(OC)c1OC. The summed E-state index contributed by atoms with van der Waals surface area (Å²) in [4.78, 5) is 4.17. The molecule has 0 fully saturated rings. The van der Waals surface area contributed by atoms with Crippen molar-refractivity contribution in [2.75, 3.05) is 26.6 Å². The van der Waals surface area contributed by atoms with Crippen LogP contribution >= 0.6 is 0 Å². The number of methoxy groups -OCH3 is 3. The van der Waals surface area contributed by atoms with Crippen LogP contribution in [0.4, 0.5) is 5.82 Å². The highest BCUT2D eigenvalue weighted by Crippen LogP contribution is 2.39. The Morgan fingerprint density at radius 3 is 2.36 bits per heavy atom. The van der Waals surface area contributed by atoms with Crippen molar-refractivity contribution in [3.63, 3.8) is 0 Å². The van der Waals surface area contributed by atoms with Crippen molar-refractivity contribution in [3.05, 3.63) is 41.6 Å². The van der Waals surface area contributed by atoms with Crippen LogP contribution in [0.3, 0.4) is 0 Å². The highest BCUT2D eigenvalue weighted by molar-refractivity contribution is 5.56. The third-order valence-electron chi connectivity index (χ3n) is 3.14. The minimum Gasteiger partial charge on any atom is -0.493 e. The number of rotatable bonds is 6. The highest BCUT2D eigenvalue weighted by Gasteiger charge is 2.15. The minimum absolute atomic E-state index is 0.502. The largest absolute Gasteiger partial charge is 0.493 e. The van der Waals surface area contributed by atoms with Gasteiger partial charge in [0, 0.05) is 18.3 Å². The Labute approximate surface area is 129 Å². The van der Waals surface area contributed by atoms with Gasteiger partial charge in [-0.05, 0) is 24.3 Å². The van der Waals surface area contributed by atoms with E-state index in [1.165, 1.54) is 6.20 Å². The van der Waals surface area contributed by atoms with Gasteiger partial charge in [0.15, 0.2) is 11.5 Å². The average Bonchev–Trinajstić information content (AvgIpc) is 2.59. The monoisotopic (exact) mass is 299 g/mol. The van der Waals surface area contributed by atoms with Crippen LogP contribution in [0.1, 0.15) is 11.1 Å². The van der Waals surface area contributed by atoms with E-state index >= 15 is 0 Å². The number of hydrogen-bond acceptors (Lipinski definition) is 6. The number of aromatic nitrogens is 1. The van der Waals surface area contributed by atoms with Crippen molar-refractivity contribution >= 4 is 5.82 Å². The highest BCUT2D eigenvalue weighted by atomic mass is 16.5. The summed E-state index contributed by atoms with van der Waals surface area (Å²) in [5.41, 5.74) is 1.43. The number of ether oxygens (including phenoxy) is 3. The van der Waals surface area contributed by atoms with Gasteiger partial charge in [-0.2, -0.15) is 5.26 Å². The second-order valence-corrected chi connectivity index (χ2v) is 4.39. The lowest BCUT2D eigenvalue weighted by Crippen LogP contribution is -2.05. The Bertz CT molecular complexity index is 678. The van der Waals surface area contributed by atoms with Gasteiger partial charge in [-0.25, -0.2) is 4.98 Å². The van der Waals surface area contributed by atoms with Crippen molar-refractivity contribution in [2.45, 2.75) is 6.54 Å². The number of nitrogens with one attached hydrogen (secondary N) is 1. The van der Waals surface area contributed by atoms with Crippen molar-refractivity contribution in [3.8, 4) is 23.3 Å². The second-order valence-electron chi connectivity index (χ2n) is 4.39. The van der Waals surface area contributed by atoms with Crippen LogP contribution in [0.15, 0.2) is 30.5 Å². The van der Waals surface area contributed by atoms with Gasteiger partial charge in [0.2, 0.25) is 5.75 Å². The van der Waals surface area contributed by atoms with Gasteiger partial charge in [0.25, 0.3) is 0 Å². The van der Waals surface area contributed by atoms with Gasteiger partial charge in [-0.1, -0.05) is 0 Å². The molecular formula is C16H17N3O3. The van der Waals surface area contributed by atoms with E-state index < -0.39 is 0 Å². The Morgan fingerprint density at radius 2 is 1.82 bits per heavy atom. The lowest BCUT2D eigenvalue weighted by Gasteiger charge is -2.16. The molecule has 22 heavy (non-hydrogen) atoms. The van der Waals surface area contributed by atoms with Gasteiger partial charge in [0.1, 0.15) is 11.9 Å². The average molecular weight is 299 g/mol. The topological polar surface area (TPSA) is 76.4 Å². The molecule has 0 saturated carbocycles. The van der Waals surface area contributed by atoms with E-state index in [0.29, 0.717) is 35.2 Å². The maximum absolute atomic E-state index is 8.76. The molecule has 0 amide bonds. The molecule has 6 nitrogen and oxygen atoms in total. The lowest BCUT2D eigenvalue weighted by molar-refractivity contribution is 0.322. The second kappa shape index (κ2) is 7.18. The smallest absolute Gasteiger partial charge is 0.203 e. The molecule has 0 aliphatic carbocycles. The summed E-state index contributed by atoms with van der Waals surface area (Å²) in [5.74, 6) is 2.45. The van der Waals surface area contributed by atoms with Gasteiger partial charge < -0.3 is 19.5 Å². The Morgan fingerprint density at radius 1 is 1.05 bits per heavy atom. The quantitative estimate of drug-likeness (QED) is 0.883. The number of pyridine rings is 1. The molecule has 2 aromatic rings. The molecule has 0 radical (unpaired) electrons. The fourth-order valence-electron chi connectivity index (χ4n) is 2.05. The maximum Gasteiger partial charge on any atom is 0.203 e. The van der Waals surface area contributed by atoms with Crippen LogP contribution in [-0.2, 0) is 6.54 Å². The molecule has 0 atom stereocenters. The van der Waals surface area contributed by atoms with Crippen molar-refractivity contribution in [1.29, 1.82) is 5.26 Å². The minimum atomic E-state index is 0.502. The molecule has 0 unspecified atom stereocenters. The normalized spacial score (nSPS) is 9.73. The summed E-state index contributed by atoms with van der Waals surface area (Å²) in [7, 11) is 4.73. The molecule has 1 aromatic heterocycles. The third-order valence-corrected chi connectivity index (χ3v) is 3.14. The maximum atomic E-state index is 8.76. The summed E-state index contributed by atoms with van der Waals surface area (Å²) < 4.78 is 16.0. The predicted octanol–water partition coefficient (Wildman–Crippen LogP) is 2.59. The number of hydrogen-bond donors (Lipinski definition) is 1. The molecule has 0 aliphatic rings. The summed E-state index contributed by atoms with van der Waals surface area (Å²) in [6, 6.07) is 9.22. The first-order chi connectivity index (χ1) is 10.7. The van der Waals surface area contributed by atoms with Crippen molar-refractivity contribution < 1.29 is 14.2 Å². The van der Waals surface area contributed by atoms with Crippen LogP contribution in [0.2, 0.25) is 0 Å². The molecule has 6 heteroatoms. The molecule has 2 rings (SSSR count). The predicted molar refractivity (Wildman–Crippen MR) is 82.4 cm³/mol. The first-order valence-corrected chi connectivity index (χ1v) is 6.61. The van der Waals surface area contributed by atoms with Gasteiger partial charge in [0.05, 0.1) is 26.9 Å². The Kier molecular flexibility index (Phi) is 5.04. The Balaban J connectivity index is 2.20. The van der Waals surface area contributed by atoms with Crippen LogP contribution < -0.4 is 19.5 Å². The van der Waals surface area contributed by atoms with E-state index in [4.69, 9.17) is 19.5 Å². The van der Waals surface area contributed by atoms with Crippen molar-refractivity contribution in [2.24, 2.45) is 0 Å². The molecule has 0 saturated heterocycles. The fraction of sp³-hybridized carbons (Fsp3) is 0.250. The van der Waals surface area contributed by atoms with E-state index in [0.717, 1.165) is 5.56 Å². The van der Waals surface area contributed by atoms with E-state index in [-0.39, 0.29) is 0 Å². The van der Waals surface area contributed by atoms with E-state index in [9.17, 15) is 0 Å². The molecule has 1 aromatic carbocycles.